The molecule has 6 heteroatoms. The Hall–Kier alpha value is -1.20. The molecule has 1 amide bonds. The molecule has 17 heavy (non-hydrogen) atoms. The molecule has 94 valence electrons. The van der Waals surface area contributed by atoms with Gasteiger partial charge in [0.1, 0.15) is 11.6 Å². The largest absolute Gasteiger partial charge is 0.336 e. The van der Waals surface area contributed by atoms with E-state index in [1.807, 2.05) is 0 Å². The van der Waals surface area contributed by atoms with Gasteiger partial charge in [-0.2, -0.15) is 0 Å². The van der Waals surface area contributed by atoms with Crippen LogP contribution in [-0.2, 0) is 0 Å². The lowest BCUT2D eigenvalue weighted by molar-refractivity contribution is 0.0735. The topological polar surface area (TPSA) is 32.3 Å². The Bertz CT molecular complexity index is 388. The summed E-state index contributed by atoms with van der Waals surface area (Å²) in [7, 11) is 0. The van der Waals surface area contributed by atoms with E-state index in [9.17, 15) is 13.6 Å². The molecule has 0 atom stereocenters. The molecule has 1 heterocycles. The second kappa shape index (κ2) is 5.93. The third kappa shape index (κ3) is 3.38. The summed E-state index contributed by atoms with van der Waals surface area (Å²) < 4.78 is 25.9. The number of carbonyl (C=O) groups excluding carboxylic acids is 1. The van der Waals surface area contributed by atoms with Crippen LogP contribution in [0.15, 0.2) is 18.2 Å². The van der Waals surface area contributed by atoms with Gasteiger partial charge in [0, 0.05) is 37.8 Å². The van der Waals surface area contributed by atoms with E-state index in [-0.39, 0.29) is 23.9 Å². The first-order valence-electron chi connectivity index (χ1n) is 5.13. The summed E-state index contributed by atoms with van der Waals surface area (Å²) >= 11 is 0. The van der Waals surface area contributed by atoms with Crippen LogP contribution in [0.3, 0.4) is 0 Å². The maximum Gasteiger partial charge on any atom is 0.254 e. The molecular weight excluding hydrogens is 250 g/mol. The molecule has 2 rings (SSSR count). The molecule has 0 bridgehead atoms. The Morgan fingerprint density at radius 3 is 2.18 bits per heavy atom. The smallest absolute Gasteiger partial charge is 0.254 e. The number of amides is 1. The SMILES string of the molecule is Cl.O=C(c1cc(F)cc(F)c1)N1CCNCC1. The number of nitrogens with zero attached hydrogens (tertiary/aromatic N) is 1. The Morgan fingerprint density at radius 1 is 1.12 bits per heavy atom. The van der Waals surface area contributed by atoms with E-state index in [0.717, 1.165) is 18.2 Å². The third-order valence-corrected chi connectivity index (χ3v) is 2.51. The van der Waals surface area contributed by atoms with Crippen LogP contribution >= 0.6 is 12.4 Å². The Labute approximate surface area is 104 Å². The Kier molecular flexibility index (Phi) is 4.84. The van der Waals surface area contributed by atoms with E-state index in [1.54, 1.807) is 4.90 Å². The number of benzene rings is 1. The molecule has 1 saturated heterocycles. The van der Waals surface area contributed by atoms with Gasteiger partial charge in [0.05, 0.1) is 0 Å². The standard InChI is InChI=1S/C11H12F2N2O.ClH/c12-9-5-8(6-10(13)7-9)11(16)15-3-1-14-2-4-15;/h5-7,14H,1-4H2;1H. The highest BCUT2D eigenvalue weighted by atomic mass is 35.5. The molecule has 1 N–H and O–H groups in total. The summed E-state index contributed by atoms with van der Waals surface area (Å²) in [5.41, 5.74) is 0.0689. The predicted molar refractivity (Wildman–Crippen MR) is 62.4 cm³/mol. The summed E-state index contributed by atoms with van der Waals surface area (Å²) in [6.45, 7) is 2.56. The van der Waals surface area contributed by atoms with Gasteiger partial charge in [-0.3, -0.25) is 4.79 Å². The van der Waals surface area contributed by atoms with Gasteiger partial charge in [-0.1, -0.05) is 0 Å². The monoisotopic (exact) mass is 262 g/mol. The van der Waals surface area contributed by atoms with Crippen molar-refractivity contribution in [2.75, 3.05) is 26.2 Å². The number of hydrogen-bond acceptors (Lipinski definition) is 2. The first-order chi connectivity index (χ1) is 7.66. The van der Waals surface area contributed by atoms with Crippen molar-refractivity contribution in [1.82, 2.24) is 10.2 Å². The number of rotatable bonds is 1. The third-order valence-electron chi connectivity index (χ3n) is 2.51. The summed E-state index contributed by atoms with van der Waals surface area (Å²) in [4.78, 5) is 13.5. The van der Waals surface area contributed by atoms with Crippen molar-refractivity contribution in [3.05, 3.63) is 35.4 Å². The summed E-state index contributed by atoms with van der Waals surface area (Å²) in [5.74, 6) is -1.77. The number of nitrogens with one attached hydrogen (secondary N) is 1. The van der Waals surface area contributed by atoms with E-state index in [1.165, 1.54) is 0 Å². The highest BCUT2D eigenvalue weighted by Crippen LogP contribution is 2.11. The van der Waals surface area contributed by atoms with Gasteiger partial charge in [0.25, 0.3) is 5.91 Å². The van der Waals surface area contributed by atoms with Crippen LogP contribution in [0.4, 0.5) is 8.78 Å². The van der Waals surface area contributed by atoms with Crippen LogP contribution in [0.5, 0.6) is 0 Å². The predicted octanol–water partition coefficient (Wildman–Crippen LogP) is 1.43. The van der Waals surface area contributed by atoms with Crippen molar-refractivity contribution >= 4 is 18.3 Å². The minimum absolute atomic E-state index is 0. The van der Waals surface area contributed by atoms with E-state index in [2.05, 4.69) is 5.32 Å². The van der Waals surface area contributed by atoms with Crippen molar-refractivity contribution in [2.24, 2.45) is 0 Å². The number of piperazine rings is 1. The minimum Gasteiger partial charge on any atom is -0.336 e. The van der Waals surface area contributed by atoms with E-state index < -0.39 is 11.6 Å². The second-order valence-corrected chi connectivity index (χ2v) is 3.70. The number of carbonyl (C=O) groups is 1. The van der Waals surface area contributed by atoms with Crippen molar-refractivity contribution in [2.45, 2.75) is 0 Å². The molecule has 0 spiro atoms. The van der Waals surface area contributed by atoms with Gasteiger partial charge in [-0.15, -0.1) is 12.4 Å². The molecule has 0 aliphatic carbocycles. The lowest BCUT2D eigenvalue weighted by Crippen LogP contribution is -2.46. The van der Waals surface area contributed by atoms with Gasteiger partial charge in [0.15, 0.2) is 0 Å². The van der Waals surface area contributed by atoms with E-state index in [0.29, 0.717) is 26.2 Å². The van der Waals surface area contributed by atoms with Crippen LogP contribution in [0.25, 0.3) is 0 Å². The Morgan fingerprint density at radius 2 is 1.65 bits per heavy atom. The molecule has 0 radical (unpaired) electrons. The highest BCUT2D eigenvalue weighted by molar-refractivity contribution is 5.94. The van der Waals surface area contributed by atoms with Crippen LogP contribution in [0, 0.1) is 11.6 Å². The van der Waals surface area contributed by atoms with Crippen LogP contribution in [0.2, 0.25) is 0 Å². The lowest BCUT2D eigenvalue weighted by atomic mass is 10.1. The van der Waals surface area contributed by atoms with E-state index in [4.69, 9.17) is 0 Å². The molecule has 0 unspecified atom stereocenters. The Balaban J connectivity index is 0.00000144. The average Bonchev–Trinajstić information content (AvgIpc) is 2.28. The van der Waals surface area contributed by atoms with Crippen LogP contribution in [-0.4, -0.2) is 37.0 Å². The van der Waals surface area contributed by atoms with Crippen LogP contribution < -0.4 is 5.32 Å². The normalized spacial score (nSPS) is 15.3. The van der Waals surface area contributed by atoms with E-state index >= 15 is 0 Å². The molecule has 0 saturated carbocycles. The maximum atomic E-state index is 12.9. The first kappa shape index (κ1) is 13.9. The fraction of sp³-hybridized carbons (Fsp3) is 0.364. The first-order valence-corrected chi connectivity index (χ1v) is 5.13. The van der Waals surface area contributed by atoms with Gasteiger partial charge in [-0.05, 0) is 12.1 Å². The summed E-state index contributed by atoms with van der Waals surface area (Å²) in [6.07, 6.45) is 0. The second-order valence-electron chi connectivity index (χ2n) is 3.70. The zero-order valence-corrected chi connectivity index (χ0v) is 9.90. The van der Waals surface area contributed by atoms with Crippen LogP contribution in [0.1, 0.15) is 10.4 Å². The number of hydrogen-bond donors (Lipinski definition) is 1. The van der Waals surface area contributed by atoms with Gasteiger partial charge >= 0.3 is 0 Å². The lowest BCUT2D eigenvalue weighted by Gasteiger charge is -2.27. The molecule has 1 aromatic carbocycles. The molecular formula is C11H13ClF2N2O. The molecule has 1 aliphatic heterocycles. The number of halogens is 3. The van der Waals surface area contributed by atoms with Crippen molar-refractivity contribution in [3.63, 3.8) is 0 Å². The zero-order chi connectivity index (χ0) is 11.5. The molecule has 1 fully saturated rings. The van der Waals surface area contributed by atoms with Gasteiger partial charge in [-0.25, -0.2) is 8.78 Å². The molecule has 3 nitrogen and oxygen atoms in total. The molecule has 1 aliphatic rings. The summed E-state index contributed by atoms with van der Waals surface area (Å²) in [6, 6.07) is 2.88. The molecule has 1 aromatic rings. The summed E-state index contributed by atoms with van der Waals surface area (Å²) in [5, 5.41) is 3.10. The van der Waals surface area contributed by atoms with Crippen molar-refractivity contribution in [1.29, 1.82) is 0 Å². The average molecular weight is 263 g/mol. The maximum absolute atomic E-state index is 12.9. The fourth-order valence-corrected chi connectivity index (χ4v) is 1.73. The highest BCUT2D eigenvalue weighted by Gasteiger charge is 2.18. The van der Waals surface area contributed by atoms with Gasteiger partial charge < -0.3 is 10.2 Å². The van der Waals surface area contributed by atoms with Gasteiger partial charge in [0.2, 0.25) is 0 Å². The molecule has 0 aromatic heterocycles. The minimum atomic E-state index is -0.724. The van der Waals surface area contributed by atoms with Crippen molar-refractivity contribution in [3.8, 4) is 0 Å². The quantitative estimate of drug-likeness (QED) is 0.831. The zero-order valence-electron chi connectivity index (χ0n) is 9.08. The van der Waals surface area contributed by atoms with Crippen molar-refractivity contribution < 1.29 is 13.6 Å². The fourth-order valence-electron chi connectivity index (χ4n) is 1.73.